The lowest BCUT2D eigenvalue weighted by Gasteiger charge is -2.53. The van der Waals surface area contributed by atoms with Crippen LogP contribution < -0.4 is 10.7 Å². The standard InChI is InChI=1S/C23H39N5O5/c1-14-12-26(23(31)33-18-6-8-21(32-2)24-11-18)20-9-15(3-7-19(20)28(14)22(29)30)16-10-25-27(13-16)17-4-5-17/h14-21,24-25H,3-13H2,1-2H3,(H,29,30)/t14-,15?,16?,18?,19?,20?,21?/m0/s1. The lowest BCUT2D eigenvalue weighted by atomic mass is 9.73. The number of amides is 2. The molecule has 0 aromatic heterocycles. The normalized spacial score (nSPS) is 39.9. The third-order valence-electron chi connectivity index (χ3n) is 8.49. The van der Waals surface area contributed by atoms with E-state index >= 15 is 0 Å². The highest BCUT2D eigenvalue weighted by molar-refractivity contribution is 5.71. The molecule has 3 N–H and O–H groups in total. The van der Waals surface area contributed by atoms with Crippen LogP contribution in [0.15, 0.2) is 0 Å². The minimum atomic E-state index is -0.881. The number of carbonyl (C=O) groups excluding carboxylic acids is 1. The Hall–Kier alpha value is -1.62. The lowest BCUT2D eigenvalue weighted by Crippen LogP contribution is -2.67. The maximum Gasteiger partial charge on any atom is 0.410 e. The number of methoxy groups -OCH3 is 1. The number of piperazine rings is 1. The van der Waals surface area contributed by atoms with E-state index in [9.17, 15) is 14.7 Å². The van der Waals surface area contributed by atoms with Crippen LogP contribution in [-0.4, -0.2) is 102 Å². The van der Waals surface area contributed by atoms with Crippen LogP contribution in [0, 0.1) is 11.8 Å². The van der Waals surface area contributed by atoms with Crippen LogP contribution in [0.25, 0.3) is 0 Å². The van der Waals surface area contributed by atoms with Crippen LogP contribution >= 0.6 is 0 Å². The predicted molar refractivity (Wildman–Crippen MR) is 120 cm³/mol. The van der Waals surface area contributed by atoms with E-state index in [0.29, 0.717) is 31.0 Å². The highest BCUT2D eigenvalue weighted by Gasteiger charge is 2.50. The molecule has 7 atom stereocenters. The Kier molecular flexibility index (Phi) is 6.70. The number of rotatable bonds is 4. The van der Waals surface area contributed by atoms with E-state index in [1.807, 2.05) is 11.8 Å². The van der Waals surface area contributed by atoms with Crippen LogP contribution in [0.5, 0.6) is 0 Å². The topological polar surface area (TPSA) is 107 Å². The van der Waals surface area contributed by atoms with Crippen molar-refractivity contribution in [2.75, 3.05) is 33.3 Å². The van der Waals surface area contributed by atoms with Crippen molar-refractivity contribution < 1.29 is 24.2 Å². The van der Waals surface area contributed by atoms with Gasteiger partial charge in [-0.2, -0.15) is 0 Å². The van der Waals surface area contributed by atoms with E-state index in [1.165, 1.54) is 12.8 Å². The Bertz CT molecular complexity index is 728. The first-order valence-electron chi connectivity index (χ1n) is 12.7. The van der Waals surface area contributed by atoms with Gasteiger partial charge in [0.1, 0.15) is 12.3 Å². The molecule has 186 valence electrons. The minimum Gasteiger partial charge on any atom is -0.465 e. The summed E-state index contributed by atoms with van der Waals surface area (Å²) in [6, 6.07) is 0.166. The van der Waals surface area contributed by atoms with Gasteiger partial charge in [-0.15, -0.1) is 0 Å². The maximum absolute atomic E-state index is 13.3. The quantitative estimate of drug-likeness (QED) is 0.576. The van der Waals surface area contributed by atoms with E-state index in [1.54, 1.807) is 12.0 Å². The first kappa shape index (κ1) is 23.1. The molecule has 0 spiro atoms. The molecule has 10 heteroatoms. The van der Waals surface area contributed by atoms with Crippen molar-refractivity contribution in [2.45, 2.75) is 88.4 Å². The second-order valence-electron chi connectivity index (χ2n) is 10.6. The van der Waals surface area contributed by atoms with Gasteiger partial charge >= 0.3 is 12.2 Å². The van der Waals surface area contributed by atoms with Gasteiger partial charge in [0.25, 0.3) is 0 Å². The molecule has 2 amide bonds. The van der Waals surface area contributed by atoms with Gasteiger partial charge in [0.15, 0.2) is 0 Å². The molecule has 5 aliphatic rings. The van der Waals surface area contributed by atoms with Gasteiger partial charge in [0.05, 0.1) is 18.1 Å². The Morgan fingerprint density at radius 3 is 2.45 bits per heavy atom. The lowest BCUT2D eigenvalue weighted by molar-refractivity contribution is -0.0521. The van der Waals surface area contributed by atoms with Gasteiger partial charge in [0.2, 0.25) is 0 Å². The summed E-state index contributed by atoms with van der Waals surface area (Å²) in [4.78, 5) is 28.9. The molecule has 0 aromatic rings. The van der Waals surface area contributed by atoms with Crippen molar-refractivity contribution in [3.8, 4) is 0 Å². The van der Waals surface area contributed by atoms with Crippen LogP contribution in [0.2, 0.25) is 0 Å². The molecular weight excluding hydrogens is 426 g/mol. The summed E-state index contributed by atoms with van der Waals surface area (Å²) in [5.74, 6) is 1.04. The zero-order valence-electron chi connectivity index (χ0n) is 19.8. The van der Waals surface area contributed by atoms with Crippen molar-refractivity contribution in [1.29, 1.82) is 0 Å². The summed E-state index contributed by atoms with van der Waals surface area (Å²) >= 11 is 0. The fraction of sp³-hybridized carbons (Fsp3) is 0.913. The third kappa shape index (κ3) is 4.80. The van der Waals surface area contributed by atoms with E-state index in [0.717, 1.165) is 45.2 Å². The van der Waals surface area contributed by atoms with Crippen LogP contribution in [0.3, 0.4) is 0 Å². The van der Waals surface area contributed by atoms with Crippen LogP contribution in [-0.2, 0) is 9.47 Å². The van der Waals surface area contributed by atoms with E-state index < -0.39 is 6.09 Å². The van der Waals surface area contributed by atoms with E-state index in [-0.39, 0.29) is 36.6 Å². The fourth-order valence-corrected chi connectivity index (χ4v) is 6.54. The molecule has 5 rings (SSSR count). The first-order chi connectivity index (χ1) is 15.9. The van der Waals surface area contributed by atoms with Gasteiger partial charge in [-0.25, -0.2) is 14.6 Å². The van der Waals surface area contributed by atoms with Crippen molar-refractivity contribution >= 4 is 12.2 Å². The molecule has 2 saturated carbocycles. The summed E-state index contributed by atoms with van der Waals surface area (Å²) in [6.45, 7) is 4.91. The molecule has 2 aliphatic carbocycles. The monoisotopic (exact) mass is 465 g/mol. The van der Waals surface area contributed by atoms with E-state index in [2.05, 4.69) is 15.8 Å². The van der Waals surface area contributed by atoms with E-state index in [4.69, 9.17) is 9.47 Å². The molecule has 33 heavy (non-hydrogen) atoms. The largest absolute Gasteiger partial charge is 0.465 e. The number of carbonyl (C=O) groups is 2. The molecule has 6 unspecified atom stereocenters. The summed E-state index contributed by atoms with van der Waals surface area (Å²) in [5.41, 5.74) is 3.57. The number of piperidine rings is 1. The zero-order chi connectivity index (χ0) is 23.1. The van der Waals surface area contributed by atoms with Gasteiger partial charge in [-0.05, 0) is 63.7 Å². The number of hydrogen-bond acceptors (Lipinski definition) is 7. The molecule has 0 aromatic carbocycles. The number of nitrogens with zero attached hydrogens (tertiary/aromatic N) is 3. The Balaban J connectivity index is 1.27. The van der Waals surface area contributed by atoms with Gasteiger partial charge < -0.3 is 19.5 Å². The molecule has 5 fully saturated rings. The Labute approximate surface area is 195 Å². The highest BCUT2D eigenvalue weighted by Crippen LogP contribution is 2.41. The Morgan fingerprint density at radius 1 is 0.970 bits per heavy atom. The summed E-state index contributed by atoms with van der Waals surface area (Å²) in [5, 5.41) is 15.6. The number of hydrazine groups is 1. The smallest absolute Gasteiger partial charge is 0.410 e. The number of ether oxygens (including phenoxy) is 2. The first-order valence-corrected chi connectivity index (χ1v) is 12.7. The number of fused-ring (bicyclic) bond motifs is 1. The van der Waals surface area contributed by atoms with Crippen LogP contribution in [0.1, 0.15) is 51.9 Å². The van der Waals surface area contributed by atoms with Gasteiger partial charge in [0, 0.05) is 39.3 Å². The Morgan fingerprint density at radius 2 is 1.79 bits per heavy atom. The highest BCUT2D eigenvalue weighted by atomic mass is 16.6. The van der Waals surface area contributed by atoms with Crippen LogP contribution in [0.4, 0.5) is 9.59 Å². The summed E-state index contributed by atoms with van der Waals surface area (Å²) in [7, 11) is 1.68. The minimum absolute atomic E-state index is 0.0118. The molecular formula is C23H39N5O5. The second-order valence-corrected chi connectivity index (χ2v) is 10.6. The molecule has 3 saturated heterocycles. The van der Waals surface area contributed by atoms with Crippen molar-refractivity contribution in [2.24, 2.45) is 11.8 Å². The maximum atomic E-state index is 13.3. The second kappa shape index (κ2) is 9.56. The number of carboxylic acid groups (broad SMARTS) is 1. The SMILES string of the molecule is COC1CCC(OC(=O)N2C[C@H](C)N(C(=O)O)C3CCC(C4CNN(C5CC5)C4)CC32)CN1. The fourth-order valence-electron chi connectivity index (χ4n) is 6.54. The van der Waals surface area contributed by atoms with Gasteiger partial charge in [-0.1, -0.05) is 0 Å². The number of hydrogen-bond donors (Lipinski definition) is 3. The average Bonchev–Trinajstić information content (AvgIpc) is 3.54. The zero-order valence-corrected chi connectivity index (χ0v) is 19.8. The number of nitrogens with one attached hydrogen (secondary N) is 2. The molecule has 10 nitrogen and oxygen atoms in total. The third-order valence-corrected chi connectivity index (χ3v) is 8.49. The molecule has 3 heterocycles. The molecule has 0 bridgehead atoms. The predicted octanol–water partition coefficient (Wildman–Crippen LogP) is 1.67. The average molecular weight is 466 g/mol. The molecule has 3 aliphatic heterocycles. The summed E-state index contributed by atoms with van der Waals surface area (Å²) in [6.07, 6.45) is 5.44. The summed E-state index contributed by atoms with van der Waals surface area (Å²) < 4.78 is 11.3. The van der Waals surface area contributed by atoms with Gasteiger partial charge in [-0.3, -0.25) is 15.6 Å². The molecule has 0 radical (unpaired) electrons. The van der Waals surface area contributed by atoms with Crippen molar-refractivity contribution in [3.63, 3.8) is 0 Å². The van der Waals surface area contributed by atoms with Crippen molar-refractivity contribution in [3.05, 3.63) is 0 Å². The van der Waals surface area contributed by atoms with Crippen molar-refractivity contribution in [1.82, 2.24) is 25.6 Å².